The lowest BCUT2D eigenvalue weighted by Crippen LogP contribution is -2.39. The molecule has 1 aliphatic rings. The summed E-state index contributed by atoms with van der Waals surface area (Å²) in [5.74, 6) is -2.18. The summed E-state index contributed by atoms with van der Waals surface area (Å²) in [5.41, 5.74) is 0.856. The number of methoxy groups -OCH3 is 2. The second-order valence-electron chi connectivity index (χ2n) is 7.59. The van der Waals surface area contributed by atoms with Crippen molar-refractivity contribution in [2.24, 2.45) is 0 Å². The molecule has 1 N–H and O–H groups in total. The van der Waals surface area contributed by atoms with Gasteiger partial charge < -0.3 is 24.4 Å². The zero-order valence-electron chi connectivity index (χ0n) is 19.1. The molecule has 10 nitrogen and oxygen atoms in total. The molecule has 2 amide bonds. The fourth-order valence-electron chi connectivity index (χ4n) is 3.49. The second kappa shape index (κ2) is 10.6. The van der Waals surface area contributed by atoms with Gasteiger partial charge in [-0.05, 0) is 36.8 Å². The van der Waals surface area contributed by atoms with Crippen LogP contribution in [0.3, 0.4) is 0 Å². The summed E-state index contributed by atoms with van der Waals surface area (Å²) < 4.78 is 40.7. The van der Waals surface area contributed by atoms with Crippen molar-refractivity contribution in [3.8, 4) is 17.2 Å². The third-order valence-corrected chi connectivity index (χ3v) is 6.44. The molecule has 182 valence electrons. The summed E-state index contributed by atoms with van der Waals surface area (Å²) in [6.07, 6.45) is 0.701. The van der Waals surface area contributed by atoms with Crippen LogP contribution in [-0.4, -0.2) is 64.9 Å². The van der Waals surface area contributed by atoms with Gasteiger partial charge in [0.05, 0.1) is 19.9 Å². The first kappa shape index (κ1) is 25.0. The average molecular weight is 491 g/mol. The molecule has 3 rings (SSSR count). The minimum atomic E-state index is -4.06. The third-order valence-electron chi connectivity index (χ3n) is 5.04. The van der Waals surface area contributed by atoms with Gasteiger partial charge in [0, 0.05) is 23.9 Å². The number of sulfone groups is 1. The Hall–Kier alpha value is -3.60. The summed E-state index contributed by atoms with van der Waals surface area (Å²) in [4.78, 5) is 38.7. The highest BCUT2D eigenvalue weighted by atomic mass is 32.2. The van der Waals surface area contributed by atoms with Crippen molar-refractivity contribution < 1.29 is 37.0 Å². The van der Waals surface area contributed by atoms with Crippen LogP contribution in [0.2, 0.25) is 0 Å². The van der Waals surface area contributed by atoms with Crippen molar-refractivity contribution in [3.63, 3.8) is 0 Å². The summed E-state index contributed by atoms with van der Waals surface area (Å²) >= 11 is 0. The molecule has 0 aliphatic carbocycles. The molecule has 0 radical (unpaired) electrons. The quantitative estimate of drug-likeness (QED) is 0.502. The van der Waals surface area contributed by atoms with Gasteiger partial charge in [0.1, 0.15) is 17.3 Å². The first-order valence-electron chi connectivity index (χ1n) is 10.5. The Bertz CT molecular complexity index is 1210. The van der Waals surface area contributed by atoms with Crippen LogP contribution in [0.5, 0.6) is 17.2 Å². The van der Waals surface area contributed by atoms with E-state index >= 15 is 0 Å². The van der Waals surface area contributed by atoms with E-state index in [2.05, 4.69) is 5.32 Å². The van der Waals surface area contributed by atoms with Gasteiger partial charge in [0.25, 0.3) is 5.91 Å². The molecule has 0 fully saturated rings. The van der Waals surface area contributed by atoms with Crippen LogP contribution in [-0.2, 0) is 19.4 Å². The molecule has 0 aromatic heterocycles. The molecule has 0 atom stereocenters. The number of Topliss-reactive ketones (excluding diaryl/α,β-unsaturated/α-hetero) is 1. The highest BCUT2D eigenvalue weighted by molar-refractivity contribution is 7.92. The zero-order valence-corrected chi connectivity index (χ0v) is 19.9. The fraction of sp³-hybridized carbons (Fsp3) is 0.348. The largest absolute Gasteiger partial charge is 0.493 e. The lowest BCUT2D eigenvalue weighted by Gasteiger charge is -2.29. The van der Waals surface area contributed by atoms with Crippen LogP contribution >= 0.6 is 0 Å². The summed E-state index contributed by atoms with van der Waals surface area (Å²) in [7, 11) is -1.16. The minimum Gasteiger partial charge on any atom is -0.493 e. The van der Waals surface area contributed by atoms with E-state index in [0.29, 0.717) is 41.6 Å². The highest BCUT2D eigenvalue weighted by Gasteiger charge is 2.27. The molecule has 0 spiro atoms. The van der Waals surface area contributed by atoms with Crippen molar-refractivity contribution in [3.05, 3.63) is 42.0 Å². The fourth-order valence-corrected chi connectivity index (χ4v) is 4.63. The molecule has 0 saturated heterocycles. The van der Waals surface area contributed by atoms with Crippen molar-refractivity contribution in [2.45, 2.75) is 13.3 Å². The van der Waals surface area contributed by atoms with Gasteiger partial charge in [0.15, 0.2) is 33.7 Å². The monoisotopic (exact) mass is 490 g/mol. The van der Waals surface area contributed by atoms with Gasteiger partial charge in [-0.25, -0.2) is 8.42 Å². The molecule has 0 saturated carbocycles. The Kier molecular flexibility index (Phi) is 7.77. The molecular formula is C23H26N2O8S. The maximum absolute atomic E-state index is 12.7. The van der Waals surface area contributed by atoms with Crippen molar-refractivity contribution in [1.82, 2.24) is 0 Å². The number of rotatable bonds is 10. The highest BCUT2D eigenvalue weighted by Crippen LogP contribution is 2.33. The minimum absolute atomic E-state index is 0.0934. The standard InChI is InChI=1S/C23H26N2O8S/c1-4-9-25-17-10-15(5-7-19(17)33-12-23(25)28)18(26)13-34(29,30)14-22(27)24-16-6-8-20(31-2)21(11-16)32-3/h5-8,10-11H,4,9,12-14H2,1-3H3,(H,24,27). The molecule has 0 unspecified atom stereocenters. The number of hydrogen-bond donors (Lipinski definition) is 1. The number of fused-ring (bicyclic) bond motifs is 1. The predicted octanol–water partition coefficient (Wildman–Crippen LogP) is 2.08. The van der Waals surface area contributed by atoms with Crippen LogP contribution in [0.25, 0.3) is 0 Å². The number of anilines is 2. The molecule has 34 heavy (non-hydrogen) atoms. The molecule has 0 bridgehead atoms. The van der Waals surface area contributed by atoms with E-state index in [-0.39, 0.29) is 18.1 Å². The summed E-state index contributed by atoms with van der Waals surface area (Å²) in [6.45, 7) is 2.27. The van der Waals surface area contributed by atoms with E-state index in [1.165, 1.54) is 49.5 Å². The predicted molar refractivity (Wildman–Crippen MR) is 126 cm³/mol. The number of carbonyl (C=O) groups excluding carboxylic acids is 3. The first-order chi connectivity index (χ1) is 16.2. The molecular weight excluding hydrogens is 464 g/mol. The number of ketones is 1. The number of benzene rings is 2. The number of ether oxygens (including phenoxy) is 3. The topological polar surface area (TPSA) is 128 Å². The van der Waals surface area contributed by atoms with Gasteiger partial charge in [0.2, 0.25) is 5.91 Å². The van der Waals surface area contributed by atoms with Crippen LogP contribution < -0.4 is 24.4 Å². The van der Waals surface area contributed by atoms with E-state index in [4.69, 9.17) is 14.2 Å². The Labute approximate surface area is 197 Å². The molecule has 11 heteroatoms. The first-order valence-corrected chi connectivity index (χ1v) is 12.3. The number of hydrogen-bond acceptors (Lipinski definition) is 8. The second-order valence-corrected chi connectivity index (χ2v) is 9.65. The Morgan fingerprint density at radius 3 is 2.47 bits per heavy atom. The SMILES string of the molecule is CCCN1C(=O)COc2ccc(C(=O)CS(=O)(=O)CC(=O)Nc3ccc(OC)c(OC)c3)cc21. The van der Waals surface area contributed by atoms with Gasteiger partial charge in [-0.3, -0.25) is 14.4 Å². The lowest BCUT2D eigenvalue weighted by atomic mass is 10.1. The van der Waals surface area contributed by atoms with Gasteiger partial charge in [-0.15, -0.1) is 0 Å². The van der Waals surface area contributed by atoms with Gasteiger partial charge in [-0.2, -0.15) is 0 Å². The summed E-state index contributed by atoms with van der Waals surface area (Å²) in [5, 5.41) is 2.48. The van der Waals surface area contributed by atoms with Crippen LogP contribution in [0.15, 0.2) is 36.4 Å². The third kappa shape index (κ3) is 5.84. The van der Waals surface area contributed by atoms with E-state index in [9.17, 15) is 22.8 Å². The zero-order chi connectivity index (χ0) is 24.9. The van der Waals surface area contributed by atoms with Crippen molar-refractivity contribution in [2.75, 3.05) is 49.1 Å². The summed E-state index contributed by atoms with van der Waals surface area (Å²) in [6, 6.07) is 9.03. The number of nitrogens with zero attached hydrogens (tertiary/aromatic N) is 1. The van der Waals surface area contributed by atoms with Crippen molar-refractivity contribution >= 4 is 38.8 Å². The lowest BCUT2D eigenvalue weighted by molar-refractivity contribution is -0.121. The van der Waals surface area contributed by atoms with E-state index < -0.39 is 33.0 Å². The maximum Gasteiger partial charge on any atom is 0.265 e. The average Bonchev–Trinajstić information content (AvgIpc) is 2.79. The Balaban J connectivity index is 1.69. The van der Waals surface area contributed by atoms with Crippen LogP contribution in [0.4, 0.5) is 11.4 Å². The number of carbonyl (C=O) groups is 3. The smallest absolute Gasteiger partial charge is 0.265 e. The molecule has 1 aliphatic heterocycles. The van der Waals surface area contributed by atoms with Crippen molar-refractivity contribution in [1.29, 1.82) is 0 Å². The normalized spacial score (nSPS) is 13.0. The number of nitrogens with one attached hydrogen (secondary N) is 1. The van der Waals surface area contributed by atoms with Crippen LogP contribution in [0.1, 0.15) is 23.7 Å². The Morgan fingerprint density at radius 2 is 1.79 bits per heavy atom. The number of amides is 2. The molecule has 2 aromatic carbocycles. The van der Waals surface area contributed by atoms with Crippen LogP contribution in [0, 0.1) is 0 Å². The molecule has 2 aromatic rings. The van der Waals surface area contributed by atoms with E-state index in [0.717, 1.165) is 0 Å². The van der Waals surface area contributed by atoms with E-state index in [1.54, 1.807) is 6.07 Å². The van der Waals surface area contributed by atoms with E-state index in [1.807, 2.05) is 6.92 Å². The molecule has 1 heterocycles. The maximum atomic E-state index is 12.7. The van der Waals surface area contributed by atoms with Gasteiger partial charge >= 0.3 is 0 Å². The van der Waals surface area contributed by atoms with Gasteiger partial charge in [-0.1, -0.05) is 6.92 Å². The Morgan fingerprint density at radius 1 is 1.06 bits per heavy atom.